The Morgan fingerprint density at radius 3 is 2.27 bits per heavy atom. The van der Waals surface area contributed by atoms with E-state index in [1.54, 1.807) is 0 Å². The largest absolute Gasteiger partial charge is 0.395 e. The molecule has 0 aromatic heterocycles. The Morgan fingerprint density at radius 2 is 1.93 bits per heavy atom. The minimum absolute atomic E-state index is 0.00431. The van der Waals surface area contributed by atoms with E-state index in [0.29, 0.717) is 13.1 Å². The summed E-state index contributed by atoms with van der Waals surface area (Å²) >= 11 is 0. The number of hydrogen-bond donors (Lipinski definition) is 2. The van der Waals surface area contributed by atoms with Crippen LogP contribution in [0.15, 0.2) is 0 Å². The molecule has 0 aliphatic carbocycles. The maximum Gasteiger partial charge on any atom is 0.234 e. The highest BCUT2D eigenvalue weighted by Gasteiger charge is 2.17. The molecule has 4 heteroatoms. The number of rotatable bonds is 5. The summed E-state index contributed by atoms with van der Waals surface area (Å²) in [5.41, 5.74) is -0.195. The topological polar surface area (TPSA) is 52.6 Å². The predicted molar refractivity (Wildman–Crippen MR) is 61.7 cm³/mol. The van der Waals surface area contributed by atoms with Gasteiger partial charge in [0.1, 0.15) is 0 Å². The third-order valence-electron chi connectivity index (χ3n) is 1.98. The van der Waals surface area contributed by atoms with E-state index in [1.165, 1.54) is 0 Å². The zero-order valence-corrected chi connectivity index (χ0v) is 10.5. The van der Waals surface area contributed by atoms with Gasteiger partial charge in [0, 0.05) is 18.1 Å². The van der Waals surface area contributed by atoms with Gasteiger partial charge in [0.15, 0.2) is 0 Å². The Hall–Kier alpha value is -0.610. The molecular weight excluding hydrogens is 192 g/mol. The van der Waals surface area contributed by atoms with E-state index in [-0.39, 0.29) is 24.1 Å². The number of nitrogens with zero attached hydrogens (tertiary/aromatic N) is 1. The molecule has 1 amide bonds. The van der Waals surface area contributed by atoms with Crippen molar-refractivity contribution in [1.29, 1.82) is 0 Å². The van der Waals surface area contributed by atoms with Crippen LogP contribution in [0.25, 0.3) is 0 Å². The van der Waals surface area contributed by atoms with Gasteiger partial charge in [-0.1, -0.05) is 0 Å². The number of aliphatic hydroxyl groups is 1. The van der Waals surface area contributed by atoms with E-state index in [0.717, 1.165) is 0 Å². The first-order chi connectivity index (χ1) is 6.76. The molecule has 0 aliphatic heterocycles. The van der Waals surface area contributed by atoms with Crippen molar-refractivity contribution in [2.75, 3.05) is 19.7 Å². The monoisotopic (exact) mass is 216 g/mol. The Kier molecular flexibility index (Phi) is 5.83. The molecule has 0 atom stereocenters. The van der Waals surface area contributed by atoms with Crippen LogP contribution in [0.5, 0.6) is 0 Å². The van der Waals surface area contributed by atoms with Crippen molar-refractivity contribution in [1.82, 2.24) is 10.2 Å². The number of hydrogen-bond acceptors (Lipinski definition) is 3. The maximum atomic E-state index is 11.6. The molecule has 0 aromatic rings. The van der Waals surface area contributed by atoms with E-state index < -0.39 is 0 Å². The van der Waals surface area contributed by atoms with Crippen molar-refractivity contribution < 1.29 is 9.90 Å². The van der Waals surface area contributed by atoms with Gasteiger partial charge in [0.25, 0.3) is 0 Å². The summed E-state index contributed by atoms with van der Waals surface area (Å²) in [5, 5.41) is 11.8. The molecule has 4 nitrogen and oxygen atoms in total. The first-order valence-electron chi connectivity index (χ1n) is 5.42. The zero-order valence-electron chi connectivity index (χ0n) is 10.5. The summed E-state index contributed by atoms with van der Waals surface area (Å²) < 4.78 is 0. The van der Waals surface area contributed by atoms with E-state index in [4.69, 9.17) is 5.11 Å². The lowest BCUT2D eigenvalue weighted by Crippen LogP contribution is -2.48. The normalized spacial score (nSPS) is 12.3. The second-order valence-corrected chi connectivity index (χ2v) is 5.09. The summed E-state index contributed by atoms with van der Waals surface area (Å²) in [6, 6.07) is 0.267. The van der Waals surface area contributed by atoms with Crippen molar-refractivity contribution in [2.24, 2.45) is 0 Å². The smallest absolute Gasteiger partial charge is 0.234 e. The molecule has 15 heavy (non-hydrogen) atoms. The van der Waals surface area contributed by atoms with Crippen LogP contribution in [0, 0.1) is 0 Å². The second kappa shape index (κ2) is 6.08. The maximum absolute atomic E-state index is 11.6. The van der Waals surface area contributed by atoms with E-state index in [9.17, 15) is 4.79 Å². The second-order valence-electron chi connectivity index (χ2n) is 5.09. The summed E-state index contributed by atoms with van der Waals surface area (Å²) in [6.07, 6.45) is 0. The van der Waals surface area contributed by atoms with Crippen LogP contribution in [0.4, 0.5) is 0 Å². The summed E-state index contributed by atoms with van der Waals surface area (Å²) in [5.74, 6) is 0.00431. The third-order valence-corrected chi connectivity index (χ3v) is 1.98. The molecule has 0 unspecified atom stereocenters. The van der Waals surface area contributed by atoms with Crippen molar-refractivity contribution >= 4 is 5.91 Å². The number of nitrogens with one attached hydrogen (secondary N) is 1. The molecule has 0 spiro atoms. The molecule has 0 aliphatic rings. The van der Waals surface area contributed by atoms with Crippen molar-refractivity contribution in [3.05, 3.63) is 0 Å². The first kappa shape index (κ1) is 14.4. The first-order valence-corrected chi connectivity index (χ1v) is 5.42. The molecule has 90 valence electrons. The predicted octanol–water partition coefficient (Wildman–Crippen LogP) is 0.604. The van der Waals surface area contributed by atoms with Gasteiger partial charge in [0.05, 0.1) is 13.2 Å². The van der Waals surface area contributed by atoms with E-state index >= 15 is 0 Å². The lowest BCUT2D eigenvalue weighted by molar-refractivity contribution is -0.124. The van der Waals surface area contributed by atoms with Gasteiger partial charge in [-0.25, -0.2) is 0 Å². The van der Waals surface area contributed by atoms with Crippen LogP contribution in [0.1, 0.15) is 34.6 Å². The summed E-state index contributed by atoms with van der Waals surface area (Å²) in [7, 11) is 0. The molecule has 0 rings (SSSR count). The quantitative estimate of drug-likeness (QED) is 0.708. The van der Waals surface area contributed by atoms with Crippen molar-refractivity contribution in [3.8, 4) is 0 Å². The van der Waals surface area contributed by atoms with Gasteiger partial charge in [0.2, 0.25) is 5.91 Å². The molecule has 0 saturated carbocycles. The van der Waals surface area contributed by atoms with Crippen molar-refractivity contribution in [3.63, 3.8) is 0 Å². The van der Waals surface area contributed by atoms with Crippen molar-refractivity contribution in [2.45, 2.75) is 46.2 Å². The highest BCUT2D eigenvalue weighted by Crippen LogP contribution is 2.01. The van der Waals surface area contributed by atoms with Crippen LogP contribution in [-0.4, -0.2) is 47.2 Å². The van der Waals surface area contributed by atoms with Gasteiger partial charge in [-0.2, -0.15) is 0 Å². The highest BCUT2D eigenvalue weighted by molar-refractivity contribution is 5.78. The van der Waals surface area contributed by atoms with Crippen LogP contribution >= 0.6 is 0 Å². The Bertz CT molecular complexity index is 197. The Labute approximate surface area is 92.7 Å². The molecular formula is C11H24N2O2. The molecule has 0 bridgehead atoms. The van der Waals surface area contributed by atoms with Crippen LogP contribution in [-0.2, 0) is 4.79 Å². The fraction of sp³-hybridized carbons (Fsp3) is 0.909. The molecule has 0 aromatic carbocycles. The van der Waals surface area contributed by atoms with Crippen LogP contribution < -0.4 is 5.32 Å². The van der Waals surface area contributed by atoms with Gasteiger partial charge in [-0.3, -0.25) is 9.69 Å². The SMILES string of the molecule is CC(C)N(CCO)CC(=O)NC(C)(C)C. The number of carbonyl (C=O) groups excluding carboxylic acids is 1. The number of carbonyl (C=O) groups is 1. The average molecular weight is 216 g/mol. The van der Waals surface area contributed by atoms with Crippen LogP contribution in [0.3, 0.4) is 0 Å². The van der Waals surface area contributed by atoms with E-state index in [2.05, 4.69) is 5.32 Å². The zero-order chi connectivity index (χ0) is 12.1. The molecule has 2 N–H and O–H groups in total. The standard InChI is InChI=1S/C11H24N2O2/c1-9(2)13(6-7-14)8-10(15)12-11(3,4)5/h9,14H,6-8H2,1-5H3,(H,12,15). The minimum atomic E-state index is -0.195. The fourth-order valence-corrected chi connectivity index (χ4v) is 1.29. The van der Waals surface area contributed by atoms with E-state index in [1.807, 2.05) is 39.5 Å². The average Bonchev–Trinajstić information content (AvgIpc) is 1.99. The van der Waals surface area contributed by atoms with Crippen LogP contribution in [0.2, 0.25) is 0 Å². The lowest BCUT2D eigenvalue weighted by Gasteiger charge is -2.27. The summed E-state index contributed by atoms with van der Waals surface area (Å²) in [4.78, 5) is 13.6. The molecule has 0 radical (unpaired) electrons. The Morgan fingerprint density at radius 1 is 1.40 bits per heavy atom. The lowest BCUT2D eigenvalue weighted by atomic mass is 10.1. The number of amides is 1. The molecule has 0 saturated heterocycles. The van der Waals surface area contributed by atoms with Gasteiger partial charge >= 0.3 is 0 Å². The third kappa shape index (κ3) is 7.33. The van der Waals surface area contributed by atoms with Gasteiger partial charge < -0.3 is 10.4 Å². The minimum Gasteiger partial charge on any atom is -0.395 e. The van der Waals surface area contributed by atoms with Gasteiger partial charge in [-0.05, 0) is 34.6 Å². The fourth-order valence-electron chi connectivity index (χ4n) is 1.29. The summed E-state index contributed by atoms with van der Waals surface area (Å²) in [6.45, 7) is 10.9. The number of aliphatic hydroxyl groups excluding tert-OH is 1. The molecule has 0 heterocycles. The van der Waals surface area contributed by atoms with Gasteiger partial charge in [-0.15, -0.1) is 0 Å². The molecule has 0 fully saturated rings. The highest BCUT2D eigenvalue weighted by atomic mass is 16.3. The Balaban J connectivity index is 4.11.